The fourth-order valence-corrected chi connectivity index (χ4v) is 2.02. The SMILES string of the molecule is C[Si](C)(C)C#CC(O)C1CCOCC1. The van der Waals surface area contributed by atoms with Crippen LogP contribution in [-0.4, -0.2) is 32.5 Å². The molecule has 1 N–H and O–H groups in total. The summed E-state index contributed by atoms with van der Waals surface area (Å²) in [5.74, 6) is 3.33. The Kier molecular flexibility index (Phi) is 4.18. The van der Waals surface area contributed by atoms with Gasteiger partial charge in [-0.1, -0.05) is 25.6 Å². The van der Waals surface area contributed by atoms with Gasteiger partial charge in [-0.15, -0.1) is 5.54 Å². The number of ether oxygens (including phenoxy) is 1. The van der Waals surface area contributed by atoms with Crippen LogP contribution in [0.4, 0.5) is 0 Å². The Bertz CT molecular complexity index is 228. The van der Waals surface area contributed by atoms with Crippen LogP contribution >= 0.6 is 0 Å². The Labute approximate surface area is 87.7 Å². The molecule has 1 fully saturated rings. The van der Waals surface area contributed by atoms with Crippen LogP contribution in [-0.2, 0) is 4.74 Å². The van der Waals surface area contributed by atoms with E-state index in [4.69, 9.17) is 4.74 Å². The van der Waals surface area contributed by atoms with Crippen molar-refractivity contribution in [3.8, 4) is 11.5 Å². The zero-order valence-corrected chi connectivity index (χ0v) is 10.3. The van der Waals surface area contributed by atoms with Gasteiger partial charge in [-0.3, -0.25) is 0 Å². The van der Waals surface area contributed by atoms with E-state index in [1.807, 2.05) is 0 Å². The predicted molar refractivity (Wildman–Crippen MR) is 60.7 cm³/mol. The van der Waals surface area contributed by atoms with E-state index in [1.54, 1.807) is 0 Å². The van der Waals surface area contributed by atoms with Gasteiger partial charge < -0.3 is 9.84 Å². The van der Waals surface area contributed by atoms with Gasteiger partial charge in [0.25, 0.3) is 0 Å². The molecule has 0 amide bonds. The minimum atomic E-state index is -1.34. The molecule has 1 aliphatic rings. The second-order valence-electron chi connectivity index (χ2n) is 4.91. The van der Waals surface area contributed by atoms with Gasteiger partial charge in [-0.2, -0.15) is 0 Å². The highest BCUT2D eigenvalue weighted by Gasteiger charge is 2.20. The summed E-state index contributed by atoms with van der Waals surface area (Å²) in [7, 11) is -1.34. The number of rotatable bonds is 1. The number of aliphatic hydroxyl groups excluding tert-OH is 1. The minimum absolute atomic E-state index is 0.326. The molecule has 1 atom stereocenters. The third-order valence-electron chi connectivity index (χ3n) is 2.31. The number of hydrogen-bond acceptors (Lipinski definition) is 2. The van der Waals surface area contributed by atoms with Gasteiger partial charge in [0, 0.05) is 19.1 Å². The topological polar surface area (TPSA) is 29.5 Å². The molecule has 1 unspecified atom stereocenters. The second kappa shape index (κ2) is 4.97. The molecule has 80 valence electrons. The Balaban J connectivity index is 2.46. The summed E-state index contributed by atoms with van der Waals surface area (Å²) in [6.45, 7) is 8.12. The minimum Gasteiger partial charge on any atom is -0.381 e. The molecule has 14 heavy (non-hydrogen) atoms. The predicted octanol–water partition coefficient (Wildman–Crippen LogP) is 1.65. The van der Waals surface area contributed by atoms with E-state index in [2.05, 4.69) is 31.1 Å². The molecule has 3 heteroatoms. The van der Waals surface area contributed by atoms with Crippen molar-refractivity contribution in [3.63, 3.8) is 0 Å². The first-order valence-corrected chi connectivity index (χ1v) is 8.77. The summed E-state index contributed by atoms with van der Waals surface area (Å²) >= 11 is 0. The molecule has 1 rings (SSSR count). The van der Waals surface area contributed by atoms with Gasteiger partial charge in [-0.25, -0.2) is 0 Å². The molecule has 1 aliphatic heterocycles. The lowest BCUT2D eigenvalue weighted by Gasteiger charge is -2.23. The van der Waals surface area contributed by atoms with Crippen LogP contribution < -0.4 is 0 Å². The third-order valence-corrected chi connectivity index (χ3v) is 3.20. The molecule has 2 nitrogen and oxygen atoms in total. The van der Waals surface area contributed by atoms with E-state index in [0.29, 0.717) is 5.92 Å². The van der Waals surface area contributed by atoms with Crippen molar-refractivity contribution in [2.75, 3.05) is 13.2 Å². The summed E-state index contributed by atoms with van der Waals surface area (Å²) in [6, 6.07) is 0. The van der Waals surface area contributed by atoms with Gasteiger partial charge in [-0.05, 0) is 12.8 Å². The Morgan fingerprint density at radius 1 is 1.29 bits per heavy atom. The Morgan fingerprint density at radius 2 is 1.86 bits per heavy atom. The van der Waals surface area contributed by atoms with Crippen molar-refractivity contribution in [1.29, 1.82) is 0 Å². The van der Waals surface area contributed by atoms with E-state index in [-0.39, 0.29) is 0 Å². The lowest BCUT2D eigenvalue weighted by molar-refractivity contribution is 0.0276. The van der Waals surface area contributed by atoms with Crippen LogP contribution in [0.15, 0.2) is 0 Å². The molecular formula is C11H20O2Si. The fourth-order valence-electron chi connectivity index (χ4n) is 1.44. The smallest absolute Gasteiger partial charge is 0.129 e. The van der Waals surface area contributed by atoms with E-state index in [0.717, 1.165) is 26.1 Å². The zero-order chi connectivity index (χ0) is 10.6. The molecule has 0 aliphatic carbocycles. The maximum atomic E-state index is 9.83. The van der Waals surface area contributed by atoms with Gasteiger partial charge >= 0.3 is 0 Å². The van der Waals surface area contributed by atoms with Crippen molar-refractivity contribution in [2.24, 2.45) is 5.92 Å². The highest BCUT2D eigenvalue weighted by molar-refractivity contribution is 6.83. The van der Waals surface area contributed by atoms with Crippen molar-refractivity contribution in [3.05, 3.63) is 0 Å². The molecule has 0 saturated carbocycles. The summed E-state index contributed by atoms with van der Waals surface area (Å²) in [5.41, 5.74) is 3.22. The van der Waals surface area contributed by atoms with Crippen molar-refractivity contribution >= 4 is 8.07 Å². The summed E-state index contributed by atoms with van der Waals surface area (Å²) in [5, 5.41) is 9.83. The van der Waals surface area contributed by atoms with Gasteiger partial charge in [0.05, 0.1) is 0 Å². The second-order valence-corrected chi connectivity index (χ2v) is 9.66. The highest BCUT2D eigenvalue weighted by atomic mass is 28.3. The zero-order valence-electron chi connectivity index (χ0n) is 9.34. The van der Waals surface area contributed by atoms with E-state index < -0.39 is 14.2 Å². The summed E-state index contributed by atoms with van der Waals surface area (Å²) in [6.07, 6.45) is 1.45. The first kappa shape index (κ1) is 11.8. The van der Waals surface area contributed by atoms with Gasteiger partial charge in [0.15, 0.2) is 0 Å². The first-order chi connectivity index (χ1) is 6.49. The first-order valence-electron chi connectivity index (χ1n) is 5.27. The Hall–Kier alpha value is -0.303. The van der Waals surface area contributed by atoms with Crippen molar-refractivity contribution in [1.82, 2.24) is 0 Å². The summed E-state index contributed by atoms with van der Waals surface area (Å²) in [4.78, 5) is 0. The standard InChI is InChI=1S/C11H20O2Si/c1-14(2,3)9-6-11(12)10-4-7-13-8-5-10/h10-12H,4-5,7-8H2,1-3H3. The van der Waals surface area contributed by atoms with E-state index in [9.17, 15) is 5.11 Å². The molecule has 0 radical (unpaired) electrons. The molecule has 0 aromatic carbocycles. The van der Waals surface area contributed by atoms with Crippen LogP contribution in [0.3, 0.4) is 0 Å². The molecule has 0 spiro atoms. The quantitative estimate of drug-likeness (QED) is 0.529. The maximum absolute atomic E-state index is 9.83. The fraction of sp³-hybridized carbons (Fsp3) is 0.818. The lowest BCUT2D eigenvalue weighted by Crippen LogP contribution is -2.27. The largest absolute Gasteiger partial charge is 0.381 e. The van der Waals surface area contributed by atoms with Crippen molar-refractivity contribution in [2.45, 2.75) is 38.6 Å². The Morgan fingerprint density at radius 3 is 2.36 bits per heavy atom. The van der Waals surface area contributed by atoms with Gasteiger partial charge in [0.1, 0.15) is 14.2 Å². The third kappa shape index (κ3) is 4.27. The molecule has 0 aromatic heterocycles. The normalized spacial score (nSPS) is 21.1. The van der Waals surface area contributed by atoms with E-state index in [1.165, 1.54) is 0 Å². The monoisotopic (exact) mass is 212 g/mol. The highest BCUT2D eigenvalue weighted by Crippen LogP contribution is 2.18. The van der Waals surface area contributed by atoms with Crippen LogP contribution in [0.2, 0.25) is 19.6 Å². The number of aliphatic hydroxyl groups is 1. The van der Waals surface area contributed by atoms with Crippen molar-refractivity contribution < 1.29 is 9.84 Å². The lowest BCUT2D eigenvalue weighted by atomic mass is 9.94. The van der Waals surface area contributed by atoms with Crippen LogP contribution in [0.1, 0.15) is 12.8 Å². The average Bonchev–Trinajstić information content (AvgIpc) is 2.14. The molecule has 1 saturated heterocycles. The van der Waals surface area contributed by atoms with Crippen LogP contribution in [0, 0.1) is 17.4 Å². The van der Waals surface area contributed by atoms with Crippen LogP contribution in [0.5, 0.6) is 0 Å². The molecule has 0 bridgehead atoms. The average molecular weight is 212 g/mol. The van der Waals surface area contributed by atoms with E-state index >= 15 is 0 Å². The maximum Gasteiger partial charge on any atom is 0.129 e. The molecular weight excluding hydrogens is 192 g/mol. The molecule has 0 aromatic rings. The number of hydrogen-bond donors (Lipinski definition) is 1. The summed E-state index contributed by atoms with van der Waals surface area (Å²) < 4.78 is 5.24. The van der Waals surface area contributed by atoms with Crippen LogP contribution in [0.25, 0.3) is 0 Å². The molecule has 1 heterocycles. The van der Waals surface area contributed by atoms with Gasteiger partial charge in [0.2, 0.25) is 0 Å².